The molecular weight excluding hydrogens is 508 g/mol. The molecule has 1 saturated heterocycles. The Morgan fingerprint density at radius 2 is 1.93 bits per heavy atom. The first kappa shape index (κ1) is 27.0. The zero-order valence-electron chi connectivity index (χ0n) is 23.2. The lowest BCUT2D eigenvalue weighted by molar-refractivity contribution is 0.0651. The number of nitrogens with zero attached hydrogens (tertiary/aromatic N) is 8. The molecule has 2 amide bonds. The number of hydrogen-bond acceptors (Lipinski definition) is 8. The number of carbonyl (C=O) groups excluding carboxylic acids is 1. The fraction of sp³-hybridized carbons (Fsp3) is 0.393. The van der Waals surface area contributed by atoms with E-state index in [0.717, 1.165) is 28.1 Å². The van der Waals surface area contributed by atoms with Crippen molar-refractivity contribution in [1.29, 1.82) is 5.26 Å². The second-order valence-corrected chi connectivity index (χ2v) is 10.3. The molecule has 1 unspecified atom stereocenters. The molecule has 0 aliphatic carbocycles. The maximum absolute atomic E-state index is 12.7. The average molecular weight is 543 g/mol. The topological polar surface area (TPSA) is 143 Å². The Hall–Kier alpha value is -4.63. The number of aromatic nitrogens is 5. The first-order valence-corrected chi connectivity index (χ1v) is 13.3. The summed E-state index contributed by atoms with van der Waals surface area (Å²) in [5.41, 5.74) is 10.5. The monoisotopic (exact) mass is 542 g/mol. The van der Waals surface area contributed by atoms with E-state index in [2.05, 4.69) is 40.3 Å². The number of nitrogens with two attached hydrogens (primary N) is 1. The van der Waals surface area contributed by atoms with Crippen molar-refractivity contribution in [2.24, 2.45) is 13.0 Å². The lowest BCUT2D eigenvalue weighted by atomic mass is 10.0. The van der Waals surface area contributed by atoms with Crippen LogP contribution < -0.4 is 16.0 Å². The summed E-state index contributed by atoms with van der Waals surface area (Å²) >= 11 is 0. The van der Waals surface area contributed by atoms with Crippen molar-refractivity contribution in [1.82, 2.24) is 34.6 Å². The third-order valence-electron chi connectivity index (χ3n) is 7.35. The zero-order chi connectivity index (χ0) is 28.4. The number of anilines is 2. The van der Waals surface area contributed by atoms with Gasteiger partial charge in [-0.2, -0.15) is 10.4 Å². The highest BCUT2D eigenvalue weighted by Crippen LogP contribution is 2.34. The molecular formula is C28H34N10O2. The Morgan fingerprint density at radius 1 is 1.15 bits per heavy atom. The van der Waals surface area contributed by atoms with Gasteiger partial charge in [-0.3, -0.25) is 4.68 Å². The number of carbonyl (C=O) groups is 1. The van der Waals surface area contributed by atoms with Crippen molar-refractivity contribution in [2.75, 3.05) is 50.5 Å². The highest BCUT2D eigenvalue weighted by atomic mass is 16.5. The van der Waals surface area contributed by atoms with Crippen molar-refractivity contribution in [3.63, 3.8) is 0 Å². The van der Waals surface area contributed by atoms with E-state index < -0.39 is 0 Å². The largest absolute Gasteiger partial charge is 0.381 e. The van der Waals surface area contributed by atoms with E-state index in [4.69, 9.17) is 15.5 Å². The lowest BCUT2D eigenvalue weighted by Crippen LogP contribution is -2.53. The van der Waals surface area contributed by atoms with Gasteiger partial charge in [-0.25, -0.2) is 14.3 Å². The summed E-state index contributed by atoms with van der Waals surface area (Å²) in [5, 5.41) is 21.4. The number of fused-ring (bicyclic) bond motifs is 1. The molecule has 208 valence electrons. The predicted molar refractivity (Wildman–Crippen MR) is 153 cm³/mol. The van der Waals surface area contributed by atoms with E-state index in [-0.39, 0.29) is 18.0 Å². The molecule has 1 aliphatic heterocycles. The Morgan fingerprint density at radius 3 is 2.52 bits per heavy atom. The van der Waals surface area contributed by atoms with Crippen LogP contribution in [0.25, 0.3) is 27.8 Å². The van der Waals surface area contributed by atoms with Gasteiger partial charge in [-0.05, 0) is 24.1 Å². The number of methoxy groups -OCH3 is 1. The van der Waals surface area contributed by atoms with Gasteiger partial charge in [0.05, 0.1) is 17.8 Å². The second-order valence-electron chi connectivity index (χ2n) is 10.3. The second kappa shape index (κ2) is 11.2. The summed E-state index contributed by atoms with van der Waals surface area (Å²) in [6.07, 6.45) is 7.35. The molecule has 1 aliphatic rings. The normalized spacial score (nSPS) is 14.5. The number of nitrogen functional groups attached to an aromatic ring is 1. The molecule has 5 heterocycles. The SMILES string of the molecule is COC(CNC(=O)N1CCN(c2ccc(-c3cc(-c4cnn(C)c4)cn4nc(N)c(C#N)c34)cn2)CC1)C(C)C. The van der Waals surface area contributed by atoms with Gasteiger partial charge in [0.25, 0.3) is 0 Å². The number of ether oxygens (including phenoxy) is 1. The van der Waals surface area contributed by atoms with Gasteiger partial charge < -0.3 is 25.6 Å². The van der Waals surface area contributed by atoms with E-state index in [1.165, 1.54) is 0 Å². The van der Waals surface area contributed by atoms with Crippen LogP contribution in [0.4, 0.5) is 16.4 Å². The van der Waals surface area contributed by atoms with Crippen molar-refractivity contribution in [3.8, 4) is 28.3 Å². The molecule has 4 aromatic heterocycles. The molecule has 0 radical (unpaired) electrons. The highest BCUT2D eigenvalue weighted by Gasteiger charge is 2.24. The maximum Gasteiger partial charge on any atom is 0.317 e. The Balaban J connectivity index is 1.33. The van der Waals surface area contributed by atoms with Crippen LogP contribution >= 0.6 is 0 Å². The highest BCUT2D eigenvalue weighted by molar-refractivity contribution is 5.90. The molecule has 40 heavy (non-hydrogen) atoms. The third kappa shape index (κ3) is 5.28. The van der Waals surface area contributed by atoms with Crippen LogP contribution in [0.15, 0.2) is 43.0 Å². The fourth-order valence-corrected chi connectivity index (χ4v) is 5.02. The summed E-state index contributed by atoms with van der Waals surface area (Å²) in [4.78, 5) is 21.4. The standard InChI is InChI=1S/C28H34N10O2/c1-18(2)24(40-4)15-32-28(39)37-9-7-36(8-10-37)25-6-5-19(13-31-25)22-11-20(21-14-33-35(3)16-21)17-38-26(22)23(12-29)27(30)34-38/h5-6,11,13-14,16-18,24H,7-10,15H2,1-4H3,(H2,30,34)(H,32,39). The van der Waals surface area contributed by atoms with Crippen LogP contribution in [0.2, 0.25) is 0 Å². The summed E-state index contributed by atoms with van der Waals surface area (Å²) in [6.45, 7) is 7.19. The van der Waals surface area contributed by atoms with E-state index in [1.807, 2.05) is 42.5 Å². The molecule has 1 fully saturated rings. The number of amides is 2. The lowest BCUT2D eigenvalue weighted by Gasteiger charge is -2.35. The van der Waals surface area contributed by atoms with Crippen molar-refractivity contribution < 1.29 is 9.53 Å². The van der Waals surface area contributed by atoms with Crippen LogP contribution in [-0.2, 0) is 11.8 Å². The first-order chi connectivity index (χ1) is 19.3. The van der Waals surface area contributed by atoms with E-state index in [0.29, 0.717) is 49.7 Å². The van der Waals surface area contributed by atoms with Crippen molar-refractivity contribution >= 4 is 23.2 Å². The maximum atomic E-state index is 12.7. The van der Waals surface area contributed by atoms with Gasteiger partial charge in [0.15, 0.2) is 5.82 Å². The van der Waals surface area contributed by atoms with Crippen LogP contribution in [0.3, 0.4) is 0 Å². The third-order valence-corrected chi connectivity index (χ3v) is 7.35. The quantitative estimate of drug-likeness (QED) is 0.363. The molecule has 3 N–H and O–H groups in total. The number of rotatable bonds is 7. The molecule has 12 nitrogen and oxygen atoms in total. The number of pyridine rings is 2. The van der Waals surface area contributed by atoms with E-state index >= 15 is 0 Å². The smallest absolute Gasteiger partial charge is 0.317 e. The minimum atomic E-state index is -0.0726. The molecule has 0 spiro atoms. The summed E-state index contributed by atoms with van der Waals surface area (Å²) in [5.74, 6) is 1.33. The number of piperazine rings is 1. The minimum Gasteiger partial charge on any atom is -0.381 e. The molecule has 0 aromatic carbocycles. The Bertz CT molecular complexity index is 1540. The molecule has 4 aromatic rings. The number of nitrogens with one attached hydrogen (secondary N) is 1. The van der Waals surface area contributed by atoms with Gasteiger partial charge in [-0.1, -0.05) is 13.8 Å². The van der Waals surface area contributed by atoms with Gasteiger partial charge in [0.1, 0.15) is 17.5 Å². The number of aryl methyl sites for hydroxylation is 1. The van der Waals surface area contributed by atoms with Gasteiger partial charge in [-0.15, -0.1) is 5.10 Å². The molecule has 12 heteroatoms. The molecule has 0 bridgehead atoms. The fourth-order valence-electron chi connectivity index (χ4n) is 5.02. The van der Waals surface area contributed by atoms with Crippen LogP contribution in [0.5, 0.6) is 0 Å². The average Bonchev–Trinajstić information content (AvgIpc) is 3.54. The summed E-state index contributed by atoms with van der Waals surface area (Å²) in [7, 11) is 3.53. The van der Waals surface area contributed by atoms with Gasteiger partial charge >= 0.3 is 6.03 Å². The Kier molecular flexibility index (Phi) is 7.57. The van der Waals surface area contributed by atoms with Crippen LogP contribution in [0, 0.1) is 17.2 Å². The zero-order valence-corrected chi connectivity index (χ0v) is 23.2. The van der Waals surface area contributed by atoms with Crippen molar-refractivity contribution in [3.05, 3.63) is 48.5 Å². The minimum absolute atomic E-state index is 0.0116. The van der Waals surface area contributed by atoms with E-state index in [1.54, 1.807) is 28.7 Å². The molecule has 1 atom stereocenters. The molecule has 5 rings (SSSR count). The number of nitriles is 1. The Labute approximate surface area is 232 Å². The van der Waals surface area contributed by atoms with E-state index in [9.17, 15) is 10.1 Å². The van der Waals surface area contributed by atoms with Crippen LogP contribution in [0.1, 0.15) is 19.4 Å². The van der Waals surface area contributed by atoms with Gasteiger partial charge in [0, 0.05) is 87.7 Å². The first-order valence-electron chi connectivity index (χ1n) is 13.3. The summed E-state index contributed by atoms with van der Waals surface area (Å²) < 4.78 is 8.84. The molecule has 0 saturated carbocycles. The summed E-state index contributed by atoms with van der Waals surface area (Å²) in [6, 6.07) is 8.09. The predicted octanol–water partition coefficient (Wildman–Crippen LogP) is 2.75. The van der Waals surface area contributed by atoms with Gasteiger partial charge in [0.2, 0.25) is 0 Å². The van der Waals surface area contributed by atoms with Crippen LogP contribution in [-0.4, -0.2) is 81.2 Å². The number of hydrogen-bond donors (Lipinski definition) is 2. The number of urea groups is 1. The van der Waals surface area contributed by atoms with Crippen molar-refractivity contribution in [2.45, 2.75) is 20.0 Å².